The van der Waals surface area contributed by atoms with Gasteiger partial charge < -0.3 is 19.6 Å². The number of anilines is 1. The van der Waals surface area contributed by atoms with Crippen molar-refractivity contribution in [1.29, 1.82) is 0 Å². The van der Waals surface area contributed by atoms with E-state index in [1.165, 1.54) is 0 Å². The molecule has 0 aliphatic heterocycles. The Labute approximate surface area is 128 Å². The van der Waals surface area contributed by atoms with Crippen LogP contribution >= 0.6 is 0 Å². The summed E-state index contributed by atoms with van der Waals surface area (Å²) in [6, 6.07) is 13.0. The molecule has 0 saturated heterocycles. The number of oxazole rings is 1. The average Bonchev–Trinajstić information content (AvgIpc) is 2.94. The summed E-state index contributed by atoms with van der Waals surface area (Å²) in [5.41, 5.74) is 7.98. The fraction of sp³-hybridized carbons (Fsp3) is 0.235. The Bertz CT molecular complexity index is 750. The maximum Gasteiger partial charge on any atom is 0.195 e. The number of ether oxygens (including phenoxy) is 2. The van der Waals surface area contributed by atoms with Crippen LogP contribution in [-0.4, -0.2) is 18.7 Å². The molecule has 0 saturated carbocycles. The number of aryl methyl sites for hydroxylation is 1. The van der Waals surface area contributed by atoms with Crippen molar-refractivity contribution in [3.63, 3.8) is 0 Å². The zero-order valence-electron chi connectivity index (χ0n) is 12.4. The lowest BCUT2D eigenvalue weighted by Crippen LogP contribution is -1.99. The third-order valence-electron chi connectivity index (χ3n) is 3.32. The van der Waals surface area contributed by atoms with Crippen LogP contribution in [0.2, 0.25) is 0 Å². The van der Waals surface area contributed by atoms with Gasteiger partial charge in [-0.1, -0.05) is 0 Å². The molecule has 5 nitrogen and oxygen atoms in total. The molecule has 2 aromatic carbocycles. The van der Waals surface area contributed by atoms with E-state index in [-0.39, 0.29) is 0 Å². The summed E-state index contributed by atoms with van der Waals surface area (Å²) >= 11 is 0. The van der Waals surface area contributed by atoms with Crippen molar-refractivity contribution in [2.45, 2.75) is 12.8 Å². The van der Waals surface area contributed by atoms with E-state index in [1.807, 2.05) is 42.5 Å². The van der Waals surface area contributed by atoms with E-state index in [2.05, 4.69) is 4.98 Å². The molecule has 114 valence electrons. The molecule has 0 bridgehead atoms. The van der Waals surface area contributed by atoms with Gasteiger partial charge >= 0.3 is 0 Å². The highest BCUT2D eigenvalue weighted by molar-refractivity contribution is 5.76. The molecule has 5 heteroatoms. The van der Waals surface area contributed by atoms with Gasteiger partial charge in [0.15, 0.2) is 11.5 Å². The van der Waals surface area contributed by atoms with Gasteiger partial charge in [-0.25, -0.2) is 4.98 Å². The predicted molar refractivity (Wildman–Crippen MR) is 85.2 cm³/mol. The number of nitrogens with zero attached hydrogens (tertiary/aromatic N) is 1. The van der Waals surface area contributed by atoms with Gasteiger partial charge in [-0.05, 0) is 48.9 Å². The van der Waals surface area contributed by atoms with Gasteiger partial charge in [-0.2, -0.15) is 0 Å². The van der Waals surface area contributed by atoms with Gasteiger partial charge in [0, 0.05) is 12.1 Å². The zero-order valence-corrected chi connectivity index (χ0v) is 12.4. The highest BCUT2D eigenvalue weighted by atomic mass is 16.5. The van der Waals surface area contributed by atoms with Gasteiger partial charge in [0.25, 0.3) is 0 Å². The van der Waals surface area contributed by atoms with Crippen LogP contribution in [0.4, 0.5) is 5.69 Å². The van der Waals surface area contributed by atoms with Crippen LogP contribution in [0.5, 0.6) is 11.5 Å². The Morgan fingerprint density at radius 2 is 1.86 bits per heavy atom. The highest BCUT2D eigenvalue weighted by Crippen LogP contribution is 2.20. The molecule has 3 rings (SSSR count). The monoisotopic (exact) mass is 298 g/mol. The number of benzene rings is 2. The van der Waals surface area contributed by atoms with E-state index in [9.17, 15) is 0 Å². The summed E-state index contributed by atoms with van der Waals surface area (Å²) in [5.74, 6) is 2.35. The first kappa shape index (κ1) is 14.3. The Kier molecular flexibility index (Phi) is 4.14. The summed E-state index contributed by atoms with van der Waals surface area (Å²) in [6.07, 6.45) is 1.55. The Morgan fingerprint density at radius 1 is 1.09 bits per heavy atom. The second-order valence-electron chi connectivity index (χ2n) is 4.96. The van der Waals surface area contributed by atoms with Crippen LogP contribution in [0.15, 0.2) is 46.9 Å². The summed E-state index contributed by atoms with van der Waals surface area (Å²) in [4.78, 5) is 4.42. The topological polar surface area (TPSA) is 70.5 Å². The summed E-state index contributed by atoms with van der Waals surface area (Å²) in [7, 11) is 1.64. The molecule has 22 heavy (non-hydrogen) atoms. The molecule has 0 aliphatic rings. The molecule has 0 amide bonds. The standard InChI is InChI=1S/C17H18N2O3/c1-20-13-5-7-14(8-6-13)21-10-2-3-17-19-15-11-12(18)4-9-16(15)22-17/h4-9,11H,2-3,10,18H2,1H3. The van der Waals surface area contributed by atoms with Gasteiger partial charge in [-0.15, -0.1) is 0 Å². The number of hydrogen-bond acceptors (Lipinski definition) is 5. The predicted octanol–water partition coefficient (Wildman–Crippen LogP) is 3.43. The van der Waals surface area contributed by atoms with Crippen LogP contribution in [0.1, 0.15) is 12.3 Å². The largest absolute Gasteiger partial charge is 0.497 e. The molecule has 3 aromatic rings. The van der Waals surface area contributed by atoms with Gasteiger partial charge in [0.2, 0.25) is 0 Å². The summed E-state index contributed by atoms with van der Waals surface area (Å²) in [6.45, 7) is 0.604. The first-order valence-corrected chi connectivity index (χ1v) is 7.16. The van der Waals surface area contributed by atoms with Crippen LogP contribution in [-0.2, 0) is 6.42 Å². The number of fused-ring (bicyclic) bond motifs is 1. The van der Waals surface area contributed by atoms with Crippen LogP contribution in [0.25, 0.3) is 11.1 Å². The molecule has 1 aromatic heterocycles. The van der Waals surface area contributed by atoms with Crippen molar-refractivity contribution in [1.82, 2.24) is 4.98 Å². The van der Waals surface area contributed by atoms with Crippen molar-refractivity contribution < 1.29 is 13.9 Å². The molecule has 0 aliphatic carbocycles. The minimum Gasteiger partial charge on any atom is -0.497 e. The van der Waals surface area contributed by atoms with Gasteiger partial charge in [-0.3, -0.25) is 0 Å². The van der Waals surface area contributed by atoms with Gasteiger partial charge in [0.1, 0.15) is 17.0 Å². The number of hydrogen-bond donors (Lipinski definition) is 1. The normalized spacial score (nSPS) is 10.8. The highest BCUT2D eigenvalue weighted by Gasteiger charge is 2.06. The van der Waals surface area contributed by atoms with E-state index in [4.69, 9.17) is 19.6 Å². The van der Waals surface area contributed by atoms with Crippen molar-refractivity contribution in [2.75, 3.05) is 19.5 Å². The molecule has 0 spiro atoms. The Balaban J connectivity index is 1.51. The van der Waals surface area contributed by atoms with Crippen molar-refractivity contribution >= 4 is 16.8 Å². The lowest BCUT2D eigenvalue weighted by Gasteiger charge is -2.06. The molecule has 0 atom stereocenters. The van der Waals surface area contributed by atoms with Gasteiger partial charge in [0.05, 0.1) is 13.7 Å². The smallest absolute Gasteiger partial charge is 0.195 e. The molecule has 0 unspecified atom stereocenters. The third kappa shape index (κ3) is 3.31. The van der Waals surface area contributed by atoms with Crippen LogP contribution in [0.3, 0.4) is 0 Å². The fourth-order valence-corrected chi connectivity index (χ4v) is 2.18. The van der Waals surface area contributed by atoms with Crippen molar-refractivity contribution in [3.05, 3.63) is 48.4 Å². The summed E-state index contributed by atoms with van der Waals surface area (Å²) in [5, 5.41) is 0. The molecule has 0 fully saturated rings. The Hall–Kier alpha value is -2.69. The first-order valence-electron chi connectivity index (χ1n) is 7.16. The quantitative estimate of drug-likeness (QED) is 0.557. The SMILES string of the molecule is COc1ccc(OCCCc2nc3cc(N)ccc3o2)cc1. The number of aromatic nitrogens is 1. The van der Waals surface area contributed by atoms with Crippen molar-refractivity contribution in [2.24, 2.45) is 0 Å². The van der Waals surface area contributed by atoms with E-state index in [1.54, 1.807) is 7.11 Å². The van der Waals surface area contributed by atoms with E-state index < -0.39 is 0 Å². The van der Waals surface area contributed by atoms with E-state index >= 15 is 0 Å². The first-order chi connectivity index (χ1) is 10.7. The molecular weight excluding hydrogens is 280 g/mol. The van der Waals surface area contributed by atoms with Crippen LogP contribution < -0.4 is 15.2 Å². The lowest BCUT2D eigenvalue weighted by molar-refractivity contribution is 0.305. The van der Waals surface area contributed by atoms with E-state index in [0.29, 0.717) is 18.2 Å². The minimum absolute atomic E-state index is 0.604. The molecular formula is C17H18N2O3. The van der Waals surface area contributed by atoms with Crippen molar-refractivity contribution in [3.8, 4) is 11.5 Å². The molecule has 2 N–H and O–H groups in total. The molecule has 0 radical (unpaired) electrons. The Morgan fingerprint density at radius 3 is 2.64 bits per heavy atom. The van der Waals surface area contributed by atoms with E-state index in [0.717, 1.165) is 35.4 Å². The number of rotatable bonds is 6. The maximum atomic E-state index is 5.73. The molecule has 1 heterocycles. The number of nitrogen functional groups attached to an aromatic ring is 1. The lowest BCUT2D eigenvalue weighted by atomic mass is 10.3. The third-order valence-corrected chi connectivity index (χ3v) is 3.32. The second kappa shape index (κ2) is 6.39. The maximum absolute atomic E-state index is 5.73. The number of methoxy groups -OCH3 is 1. The summed E-state index contributed by atoms with van der Waals surface area (Å²) < 4.78 is 16.4. The fourth-order valence-electron chi connectivity index (χ4n) is 2.18. The average molecular weight is 298 g/mol. The second-order valence-corrected chi connectivity index (χ2v) is 4.96. The number of nitrogens with two attached hydrogens (primary N) is 1. The zero-order chi connectivity index (χ0) is 15.4. The van der Waals surface area contributed by atoms with Crippen LogP contribution in [0, 0.1) is 0 Å². The minimum atomic E-state index is 0.604.